The summed E-state index contributed by atoms with van der Waals surface area (Å²) in [6, 6.07) is 14.2. The zero-order valence-corrected chi connectivity index (χ0v) is 14.6. The van der Waals surface area contributed by atoms with E-state index in [0.29, 0.717) is 11.8 Å². The van der Waals surface area contributed by atoms with E-state index in [2.05, 4.69) is 32.0 Å². The van der Waals surface area contributed by atoms with Crippen LogP contribution in [0.1, 0.15) is 22.3 Å². The zero-order valence-electron chi connectivity index (χ0n) is 12.3. The van der Waals surface area contributed by atoms with Gasteiger partial charge in [0, 0.05) is 22.2 Å². The van der Waals surface area contributed by atoms with Crippen LogP contribution in [-0.4, -0.2) is 11.8 Å². The Morgan fingerprint density at radius 1 is 0.857 bits per heavy atom. The highest BCUT2D eigenvalue weighted by Crippen LogP contribution is 2.34. The van der Waals surface area contributed by atoms with E-state index in [1.54, 1.807) is 0 Å². The maximum Gasteiger partial charge on any atom is 0.0406 e. The van der Waals surface area contributed by atoms with Crippen molar-refractivity contribution in [2.75, 3.05) is 11.8 Å². The first-order valence-corrected chi connectivity index (χ1v) is 8.40. The molecule has 21 heavy (non-hydrogen) atoms. The number of halogens is 3. The van der Waals surface area contributed by atoms with Crippen molar-refractivity contribution in [1.82, 2.24) is 0 Å². The van der Waals surface area contributed by atoms with Gasteiger partial charge in [0.25, 0.3) is 0 Å². The Morgan fingerprint density at radius 3 is 1.86 bits per heavy atom. The molecule has 0 spiro atoms. The molecule has 0 N–H and O–H groups in total. The molecule has 0 unspecified atom stereocenters. The molecule has 0 bridgehead atoms. The summed E-state index contributed by atoms with van der Waals surface area (Å²) in [7, 11) is 0. The van der Waals surface area contributed by atoms with Crippen molar-refractivity contribution >= 4 is 34.8 Å². The summed E-state index contributed by atoms with van der Waals surface area (Å²) in [5.74, 6) is 0.956. The lowest BCUT2D eigenvalue weighted by Crippen LogP contribution is -2.34. The van der Waals surface area contributed by atoms with E-state index in [9.17, 15) is 0 Å². The molecule has 2 aromatic rings. The Kier molecular flexibility index (Phi) is 5.60. The third kappa shape index (κ3) is 3.56. The Bertz CT molecular complexity index is 578. The number of hydrogen-bond donors (Lipinski definition) is 0. The summed E-state index contributed by atoms with van der Waals surface area (Å²) in [6.45, 7) is 4.27. The van der Waals surface area contributed by atoms with E-state index in [1.807, 2.05) is 24.3 Å². The monoisotopic (exact) mass is 340 g/mol. The summed E-state index contributed by atoms with van der Waals surface area (Å²) in [5, 5.41) is 0.726. The van der Waals surface area contributed by atoms with Crippen LogP contribution in [0.25, 0.3) is 0 Å². The first kappa shape index (κ1) is 16.7. The molecule has 0 aliphatic rings. The van der Waals surface area contributed by atoms with Gasteiger partial charge in [-0.3, -0.25) is 0 Å². The maximum absolute atomic E-state index is 6.34. The van der Waals surface area contributed by atoms with Gasteiger partial charge in [0.05, 0.1) is 0 Å². The quantitative estimate of drug-likeness (QED) is 0.593. The topological polar surface area (TPSA) is 0 Å². The molecule has 0 amide bonds. The van der Waals surface area contributed by atoms with Crippen molar-refractivity contribution in [2.45, 2.75) is 25.7 Å². The third-order valence-corrected chi connectivity index (χ3v) is 5.40. The fourth-order valence-corrected chi connectivity index (χ4v) is 3.57. The molecule has 0 aromatic heterocycles. The predicted octanol–water partition coefficient (Wildman–Crippen LogP) is 5.91. The van der Waals surface area contributed by atoms with Gasteiger partial charge in [0.15, 0.2) is 0 Å². The average molecular weight is 342 g/mol. The normalized spacial score (nSPS) is 11.7. The molecule has 3 heteroatoms. The second kappa shape index (κ2) is 7.05. The molecule has 0 aliphatic carbocycles. The van der Waals surface area contributed by atoms with Crippen LogP contribution in [0, 0.1) is 13.8 Å². The molecule has 112 valence electrons. The highest BCUT2D eigenvalue weighted by atomic mass is 35.5. The van der Waals surface area contributed by atoms with Gasteiger partial charge >= 0.3 is 0 Å². The predicted molar refractivity (Wildman–Crippen MR) is 94.2 cm³/mol. The fourth-order valence-electron chi connectivity index (χ4n) is 2.66. The summed E-state index contributed by atoms with van der Waals surface area (Å²) >= 11 is 18.7. The molecule has 2 aromatic carbocycles. The van der Waals surface area contributed by atoms with E-state index in [0.717, 1.165) is 17.0 Å². The Morgan fingerprint density at radius 2 is 1.38 bits per heavy atom. The number of benzene rings is 2. The minimum absolute atomic E-state index is 0.273. The molecule has 0 saturated carbocycles. The largest absolute Gasteiger partial charge is 0.126 e. The number of aryl methyl sites for hydroxylation is 2. The average Bonchev–Trinajstić information content (AvgIpc) is 2.49. The lowest BCUT2D eigenvalue weighted by atomic mass is 9.77. The van der Waals surface area contributed by atoms with Gasteiger partial charge in [-0.05, 0) is 54.7 Å². The van der Waals surface area contributed by atoms with Gasteiger partial charge in [-0.2, -0.15) is 0 Å². The minimum Gasteiger partial charge on any atom is -0.126 e. The number of alkyl halides is 2. The van der Waals surface area contributed by atoms with Crippen LogP contribution in [0.4, 0.5) is 0 Å². The first-order chi connectivity index (χ1) is 10.0. The molecular formula is C18H19Cl3. The smallest absolute Gasteiger partial charge is 0.0406 e. The summed E-state index contributed by atoms with van der Waals surface area (Å²) < 4.78 is 0. The highest BCUT2D eigenvalue weighted by Gasteiger charge is 2.32. The van der Waals surface area contributed by atoms with Crippen molar-refractivity contribution in [3.63, 3.8) is 0 Å². The van der Waals surface area contributed by atoms with Crippen LogP contribution in [-0.2, 0) is 11.8 Å². The van der Waals surface area contributed by atoms with E-state index in [4.69, 9.17) is 34.8 Å². The minimum atomic E-state index is -0.273. The number of hydrogen-bond acceptors (Lipinski definition) is 0. The lowest BCUT2D eigenvalue weighted by molar-refractivity contribution is 0.533. The maximum atomic E-state index is 6.34. The molecule has 0 aliphatic heterocycles. The zero-order chi connectivity index (χ0) is 15.5. The lowest BCUT2D eigenvalue weighted by Gasteiger charge is -2.32. The summed E-state index contributed by atoms with van der Waals surface area (Å²) in [6.07, 6.45) is 0.833. The SMILES string of the molecule is Cc1cccc(C)c1CC(CCl)(CCl)c1ccc(Cl)cc1. The van der Waals surface area contributed by atoms with Crippen molar-refractivity contribution in [2.24, 2.45) is 0 Å². The Labute approximate surface area is 142 Å². The summed E-state index contributed by atoms with van der Waals surface area (Å²) in [5.41, 5.74) is 4.75. The fraction of sp³-hybridized carbons (Fsp3) is 0.333. The second-order valence-electron chi connectivity index (χ2n) is 5.60. The Balaban J connectivity index is 2.45. The van der Waals surface area contributed by atoms with Gasteiger partial charge in [0.2, 0.25) is 0 Å². The van der Waals surface area contributed by atoms with Gasteiger partial charge in [-0.1, -0.05) is 41.9 Å². The molecule has 0 saturated heterocycles. The van der Waals surface area contributed by atoms with Crippen molar-refractivity contribution < 1.29 is 0 Å². The first-order valence-electron chi connectivity index (χ1n) is 6.95. The van der Waals surface area contributed by atoms with Gasteiger partial charge in [-0.15, -0.1) is 23.2 Å². The van der Waals surface area contributed by atoms with Crippen molar-refractivity contribution in [3.05, 3.63) is 69.7 Å². The second-order valence-corrected chi connectivity index (χ2v) is 6.57. The van der Waals surface area contributed by atoms with Crippen LogP contribution < -0.4 is 0 Å². The van der Waals surface area contributed by atoms with Crippen molar-refractivity contribution in [3.8, 4) is 0 Å². The Hall–Kier alpha value is -0.690. The van der Waals surface area contributed by atoms with Gasteiger partial charge in [-0.25, -0.2) is 0 Å². The molecular weight excluding hydrogens is 323 g/mol. The van der Waals surface area contributed by atoms with E-state index >= 15 is 0 Å². The van der Waals surface area contributed by atoms with Crippen LogP contribution in [0.3, 0.4) is 0 Å². The van der Waals surface area contributed by atoms with Crippen molar-refractivity contribution in [1.29, 1.82) is 0 Å². The third-order valence-electron chi connectivity index (χ3n) is 4.13. The van der Waals surface area contributed by atoms with Crippen LogP contribution in [0.5, 0.6) is 0 Å². The number of rotatable bonds is 5. The van der Waals surface area contributed by atoms with Crippen LogP contribution >= 0.6 is 34.8 Å². The van der Waals surface area contributed by atoms with E-state index in [1.165, 1.54) is 16.7 Å². The molecule has 0 radical (unpaired) electrons. The van der Waals surface area contributed by atoms with Crippen LogP contribution in [0.15, 0.2) is 42.5 Å². The highest BCUT2D eigenvalue weighted by molar-refractivity contribution is 6.30. The van der Waals surface area contributed by atoms with E-state index < -0.39 is 0 Å². The van der Waals surface area contributed by atoms with Gasteiger partial charge < -0.3 is 0 Å². The standard InChI is InChI=1S/C18H19Cl3/c1-13-4-3-5-14(2)17(13)10-18(11-19,12-20)15-6-8-16(21)9-7-15/h3-9H,10-12H2,1-2H3. The van der Waals surface area contributed by atoms with Gasteiger partial charge in [0.1, 0.15) is 0 Å². The molecule has 0 nitrogen and oxygen atoms in total. The van der Waals surface area contributed by atoms with Crippen LogP contribution in [0.2, 0.25) is 5.02 Å². The molecule has 0 heterocycles. The molecule has 2 rings (SSSR count). The van der Waals surface area contributed by atoms with E-state index in [-0.39, 0.29) is 5.41 Å². The summed E-state index contributed by atoms with van der Waals surface area (Å²) in [4.78, 5) is 0. The molecule has 0 atom stereocenters. The molecule has 0 fully saturated rings.